The highest BCUT2D eigenvalue weighted by Gasteiger charge is 2.31. The molecule has 0 bridgehead atoms. The van der Waals surface area contributed by atoms with Crippen LogP contribution >= 0.6 is 11.8 Å². The third kappa shape index (κ3) is 3.01. The van der Waals surface area contributed by atoms with Gasteiger partial charge in [-0.05, 0) is 43.7 Å². The van der Waals surface area contributed by atoms with E-state index in [2.05, 4.69) is 5.32 Å². The molecule has 1 aromatic carbocycles. The minimum absolute atomic E-state index is 0.0618. The average Bonchev–Trinajstić information content (AvgIpc) is 2.76. The zero-order valence-corrected chi connectivity index (χ0v) is 10.7. The molecule has 0 aromatic heterocycles. The topological polar surface area (TPSA) is 49.3 Å². The van der Waals surface area contributed by atoms with Crippen LogP contribution in [-0.2, 0) is 4.79 Å². The molecular formula is C13H17NO2S. The molecule has 3 nitrogen and oxygen atoms in total. The quantitative estimate of drug-likeness (QED) is 0.812. The highest BCUT2D eigenvalue weighted by atomic mass is 32.2. The highest BCUT2D eigenvalue weighted by Crippen LogP contribution is 2.27. The SMILES string of the molecule is CSc1cccc(NC(=O)C2CCCC2O)c1. The van der Waals surface area contributed by atoms with E-state index in [1.807, 2.05) is 30.5 Å². The number of anilines is 1. The Bertz CT molecular complexity index is 408. The van der Waals surface area contributed by atoms with Gasteiger partial charge in [-0.1, -0.05) is 6.07 Å². The summed E-state index contributed by atoms with van der Waals surface area (Å²) in [4.78, 5) is 13.1. The lowest BCUT2D eigenvalue weighted by Gasteiger charge is -2.14. The molecule has 2 unspecified atom stereocenters. The van der Waals surface area contributed by atoms with Crippen molar-refractivity contribution in [2.24, 2.45) is 5.92 Å². The van der Waals surface area contributed by atoms with Gasteiger partial charge in [-0.2, -0.15) is 0 Å². The summed E-state index contributed by atoms with van der Waals surface area (Å²) in [6.45, 7) is 0. The number of amides is 1. The van der Waals surface area contributed by atoms with Gasteiger partial charge in [0, 0.05) is 10.6 Å². The summed E-state index contributed by atoms with van der Waals surface area (Å²) < 4.78 is 0. The summed E-state index contributed by atoms with van der Waals surface area (Å²) in [6, 6.07) is 7.75. The van der Waals surface area contributed by atoms with E-state index in [0.29, 0.717) is 0 Å². The molecule has 1 amide bonds. The molecule has 1 aliphatic carbocycles. The summed E-state index contributed by atoms with van der Waals surface area (Å²) in [5.74, 6) is -0.304. The second-order valence-corrected chi connectivity index (χ2v) is 5.21. The van der Waals surface area contributed by atoms with Crippen molar-refractivity contribution in [3.05, 3.63) is 24.3 Å². The molecule has 0 aliphatic heterocycles. The first-order chi connectivity index (χ1) is 8.20. The Balaban J connectivity index is 2.02. The molecule has 92 valence electrons. The number of aliphatic hydroxyl groups excluding tert-OH is 1. The van der Waals surface area contributed by atoms with Crippen LogP contribution in [-0.4, -0.2) is 23.4 Å². The molecule has 1 saturated carbocycles. The van der Waals surface area contributed by atoms with Gasteiger partial charge in [-0.3, -0.25) is 4.79 Å². The fraction of sp³-hybridized carbons (Fsp3) is 0.462. The first kappa shape index (κ1) is 12.5. The first-order valence-electron chi connectivity index (χ1n) is 5.83. The number of nitrogens with one attached hydrogen (secondary N) is 1. The maximum Gasteiger partial charge on any atom is 0.230 e. The Morgan fingerprint density at radius 3 is 2.94 bits per heavy atom. The standard InChI is InChI=1S/C13H17NO2S/c1-17-10-5-2-4-9(8-10)14-13(16)11-6-3-7-12(11)15/h2,4-5,8,11-12,15H,3,6-7H2,1H3,(H,14,16). The number of hydrogen-bond acceptors (Lipinski definition) is 3. The molecule has 2 rings (SSSR count). The molecule has 0 spiro atoms. The number of carbonyl (C=O) groups is 1. The van der Waals surface area contributed by atoms with Crippen LogP contribution in [0.3, 0.4) is 0 Å². The zero-order chi connectivity index (χ0) is 12.3. The van der Waals surface area contributed by atoms with Gasteiger partial charge < -0.3 is 10.4 Å². The third-order valence-corrected chi connectivity index (χ3v) is 3.88. The Kier molecular flexibility index (Phi) is 4.07. The predicted octanol–water partition coefficient (Wildman–Crippen LogP) is 2.51. The predicted molar refractivity (Wildman–Crippen MR) is 70.2 cm³/mol. The molecule has 1 fully saturated rings. The zero-order valence-electron chi connectivity index (χ0n) is 9.85. The van der Waals surface area contributed by atoms with E-state index in [4.69, 9.17) is 0 Å². The Hall–Kier alpha value is -1.00. The number of hydrogen-bond donors (Lipinski definition) is 2. The molecule has 17 heavy (non-hydrogen) atoms. The van der Waals surface area contributed by atoms with Crippen molar-refractivity contribution in [2.75, 3.05) is 11.6 Å². The van der Waals surface area contributed by atoms with Gasteiger partial charge in [0.2, 0.25) is 5.91 Å². The maximum absolute atomic E-state index is 11.9. The lowest BCUT2D eigenvalue weighted by atomic mass is 10.1. The van der Waals surface area contributed by atoms with Crippen LogP contribution < -0.4 is 5.32 Å². The maximum atomic E-state index is 11.9. The first-order valence-corrected chi connectivity index (χ1v) is 7.06. The fourth-order valence-electron chi connectivity index (χ4n) is 2.18. The number of rotatable bonds is 3. The second kappa shape index (κ2) is 5.56. The van der Waals surface area contributed by atoms with Crippen molar-refractivity contribution in [1.82, 2.24) is 0 Å². The van der Waals surface area contributed by atoms with E-state index in [1.54, 1.807) is 11.8 Å². The molecule has 2 N–H and O–H groups in total. The number of carbonyl (C=O) groups excluding carboxylic acids is 1. The second-order valence-electron chi connectivity index (χ2n) is 4.33. The molecule has 0 radical (unpaired) electrons. The van der Waals surface area contributed by atoms with Gasteiger partial charge in [0.1, 0.15) is 0 Å². The molecule has 2 atom stereocenters. The van der Waals surface area contributed by atoms with E-state index in [1.165, 1.54) is 0 Å². The van der Waals surface area contributed by atoms with Crippen LogP contribution in [0.4, 0.5) is 5.69 Å². The van der Waals surface area contributed by atoms with Crippen LogP contribution in [0.2, 0.25) is 0 Å². The van der Waals surface area contributed by atoms with Crippen LogP contribution in [0.15, 0.2) is 29.2 Å². The summed E-state index contributed by atoms with van der Waals surface area (Å²) in [6.07, 6.45) is 3.99. The minimum Gasteiger partial charge on any atom is -0.392 e. The van der Waals surface area contributed by atoms with Crippen LogP contribution in [0.5, 0.6) is 0 Å². The van der Waals surface area contributed by atoms with Gasteiger partial charge in [0.25, 0.3) is 0 Å². The molecule has 0 heterocycles. The fourth-order valence-corrected chi connectivity index (χ4v) is 2.64. The Labute approximate surface area is 106 Å². The number of aliphatic hydroxyl groups is 1. The van der Waals surface area contributed by atoms with Crippen molar-refractivity contribution >= 4 is 23.4 Å². The lowest BCUT2D eigenvalue weighted by molar-refractivity contribution is -0.122. The van der Waals surface area contributed by atoms with Gasteiger partial charge in [0.05, 0.1) is 12.0 Å². The largest absolute Gasteiger partial charge is 0.392 e. The lowest BCUT2D eigenvalue weighted by Crippen LogP contribution is -2.28. The normalized spacial score (nSPS) is 23.6. The Morgan fingerprint density at radius 2 is 2.29 bits per heavy atom. The summed E-state index contributed by atoms with van der Waals surface area (Å²) >= 11 is 1.64. The van der Waals surface area contributed by atoms with E-state index >= 15 is 0 Å². The molecular weight excluding hydrogens is 234 g/mol. The molecule has 0 saturated heterocycles. The van der Waals surface area contributed by atoms with Crippen LogP contribution in [0.1, 0.15) is 19.3 Å². The highest BCUT2D eigenvalue weighted by molar-refractivity contribution is 7.98. The van der Waals surface area contributed by atoms with Crippen molar-refractivity contribution in [3.8, 4) is 0 Å². The minimum atomic E-state index is -0.473. The van der Waals surface area contributed by atoms with Crippen molar-refractivity contribution in [2.45, 2.75) is 30.3 Å². The third-order valence-electron chi connectivity index (χ3n) is 3.15. The van der Waals surface area contributed by atoms with Gasteiger partial charge in [0.15, 0.2) is 0 Å². The Morgan fingerprint density at radius 1 is 1.47 bits per heavy atom. The smallest absolute Gasteiger partial charge is 0.230 e. The van der Waals surface area contributed by atoms with Crippen LogP contribution in [0.25, 0.3) is 0 Å². The monoisotopic (exact) mass is 251 g/mol. The number of thioether (sulfide) groups is 1. The molecule has 1 aromatic rings. The van der Waals surface area contributed by atoms with Gasteiger partial charge in [-0.25, -0.2) is 0 Å². The van der Waals surface area contributed by atoms with Gasteiger partial charge >= 0.3 is 0 Å². The van der Waals surface area contributed by atoms with Crippen molar-refractivity contribution in [3.63, 3.8) is 0 Å². The van der Waals surface area contributed by atoms with E-state index in [0.717, 1.165) is 29.8 Å². The van der Waals surface area contributed by atoms with E-state index < -0.39 is 6.10 Å². The van der Waals surface area contributed by atoms with E-state index in [-0.39, 0.29) is 11.8 Å². The average molecular weight is 251 g/mol. The van der Waals surface area contributed by atoms with Crippen LogP contribution in [0, 0.1) is 5.92 Å². The van der Waals surface area contributed by atoms with Crippen molar-refractivity contribution < 1.29 is 9.90 Å². The molecule has 4 heteroatoms. The molecule has 1 aliphatic rings. The van der Waals surface area contributed by atoms with E-state index in [9.17, 15) is 9.90 Å². The summed E-state index contributed by atoms with van der Waals surface area (Å²) in [5.41, 5.74) is 0.806. The summed E-state index contributed by atoms with van der Waals surface area (Å²) in [5, 5.41) is 12.5. The van der Waals surface area contributed by atoms with Crippen molar-refractivity contribution in [1.29, 1.82) is 0 Å². The number of benzene rings is 1. The van der Waals surface area contributed by atoms with Gasteiger partial charge in [-0.15, -0.1) is 11.8 Å². The summed E-state index contributed by atoms with van der Waals surface area (Å²) in [7, 11) is 0.